The molecule has 0 aliphatic carbocycles. The van der Waals surface area contributed by atoms with E-state index in [1.54, 1.807) is 35.2 Å². The molecule has 5 heteroatoms. The van der Waals surface area contributed by atoms with Crippen molar-refractivity contribution >= 4 is 23.1 Å². The lowest BCUT2D eigenvalue weighted by Gasteiger charge is -2.28. The first kappa shape index (κ1) is 14.0. The van der Waals surface area contributed by atoms with Gasteiger partial charge in [-0.05, 0) is 37.7 Å². The van der Waals surface area contributed by atoms with Gasteiger partial charge in [0.2, 0.25) is 0 Å². The quantitative estimate of drug-likeness (QED) is 0.905. The van der Waals surface area contributed by atoms with Gasteiger partial charge in [-0.25, -0.2) is 9.37 Å². The molecule has 0 saturated heterocycles. The molecule has 0 radical (unpaired) electrons. The van der Waals surface area contributed by atoms with E-state index >= 15 is 0 Å². The first-order valence-corrected chi connectivity index (χ1v) is 8.55. The average Bonchev–Trinajstić information content (AvgIpc) is 2.87. The van der Waals surface area contributed by atoms with Gasteiger partial charge in [-0.3, -0.25) is 0 Å². The van der Waals surface area contributed by atoms with Gasteiger partial charge >= 0.3 is 0 Å². The summed E-state index contributed by atoms with van der Waals surface area (Å²) < 4.78 is 13.8. The first-order valence-electron chi connectivity index (χ1n) is 6.74. The first-order chi connectivity index (χ1) is 9.65. The second kappa shape index (κ2) is 5.84. The van der Waals surface area contributed by atoms with Crippen LogP contribution in [-0.2, 0) is 0 Å². The zero-order valence-corrected chi connectivity index (χ0v) is 13.2. The van der Waals surface area contributed by atoms with Crippen LogP contribution in [0.4, 0.5) is 4.39 Å². The molecular weight excluding hydrogens is 291 g/mol. The van der Waals surface area contributed by atoms with Crippen LogP contribution in [0.5, 0.6) is 0 Å². The van der Waals surface area contributed by atoms with Gasteiger partial charge < -0.3 is 5.32 Å². The molecule has 0 saturated carbocycles. The number of halogens is 1. The molecule has 2 nitrogen and oxygen atoms in total. The van der Waals surface area contributed by atoms with E-state index in [9.17, 15) is 4.39 Å². The fraction of sp³-hybridized carbons (Fsp3) is 0.400. The zero-order chi connectivity index (χ0) is 14.1. The Balaban J connectivity index is 1.81. The lowest BCUT2D eigenvalue weighted by atomic mass is 10.0. The van der Waals surface area contributed by atoms with Crippen LogP contribution in [0.15, 0.2) is 29.3 Å². The Morgan fingerprint density at radius 1 is 1.45 bits per heavy atom. The molecule has 1 N–H and O–H groups in total. The third-order valence-electron chi connectivity index (χ3n) is 3.49. The van der Waals surface area contributed by atoms with Gasteiger partial charge in [-0.2, -0.15) is 0 Å². The lowest BCUT2D eigenvalue weighted by molar-refractivity contribution is 0.443. The van der Waals surface area contributed by atoms with Crippen LogP contribution in [0.25, 0.3) is 0 Å². The van der Waals surface area contributed by atoms with Crippen molar-refractivity contribution < 1.29 is 4.39 Å². The Labute approximate surface area is 126 Å². The lowest BCUT2D eigenvalue weighted by Crippen LogP contribution is -2.27. The number of aromatic nitrogens is 1. The van der Waals surface area contributed by atoms with Crippen LogP contribution < -0.4 is 5.32 Å². The summed E-state index contributed by atoms with van der Waals surface area (Å²) in [7, 11) is 0. The van der Waals surface area contributed by atoms with Crippen molar-refractivity contribution in [1.82, 2.24) is 10.3 Å². The normalized spacial score (nSPS) is 19.6. The minimum absolute atomic E-state index is 0.100. The van der Waals surface area contributed by atoms with Gasteiger partial charge in [-0.15, -0.1) is 23.1 Å². The molecule has 2 aromatic rings. The Morgan fingerprint density at radius 2 is 2.30 bits per heavy atom. The molecule has 2 atom stereocenters. The Kier molecular flexibility index (Phi) is 4.10. The average molecular weight is 308 g/mol. The SMILES string of the molecule is Cc1cnc(C(C)NC2CCSc3c(F)cccc32)s1. The van der Waals surface area contributed by atoms with Crippen molar-refractivity contribution in [3.05, 3.63) is 45.7 Å². The minimum Gasteiger partial charge on any atom is -0.301 e. The van der Waals surface area contributed by atoms with E-state index in [1.165, 1.54) is 4.88 Å². The summed E-state index contributed by atoms with van der Waals surface area (Å²) >= 11 is 3.33. The van der Waals surface area contributed by atoms with Gasteiger partial charge in [0.1, 0.15) is 10.8 Å². The molecule has 2 heterocycles. The van der Waals surface area contributed by atoms with E-state index in [-0.39, 0.29) is 17.9 Å². The van der Waals surface area contributed by atoms with Crippen LogP contribution in [-0.4, -0.2) is 10.7 Å². The van der Waals surface area contributed by atoms with E-state index < -0.39 is 0 Å². The molecule has 106 valence electrons. The fourth-order valence-corrected chi connectivity index (χ4v) is 4.43. The smallest absolute Gasteiger partial charge is 0.137 e. The molecule has 0 fully saturated rings. The van der Waals surface area contributed by atoms with Gasteiger partial charge in [0.15, 0.2) is 0 Å². The number of rotatable bonds is 3. The van der Waals surface area contributed by atoms with Crippen molar-refractivity contribution in [2.45, 2.75) is 37.2 Å². The van der Waals surface area contributed by atoms with Gasteiger partial charge in [0.05, 0.1) is 6.04 Å². The summed E-state index contributed by atoms with van der Waals surface area (Å²) in [6, 6.07) is 5.77. The van der Waals surface area contributed by atoms with Crippen molar-refractivity contribution in [3.8, 4) is 0 Å². The van der Waals surface area contributed by atoms with E-state index in [4.69, 9.17) is 0 Å². The molecule has 0 spiro atoms. The van der Waals surface area contributed by atoms with Crippen LogP contribution in [0.2, 0.25) is 0 Å². The molecule has 1 aliphatic heterocycles. The highest BCUT2D eigenvalue weighted by Crippen LogP contribution is 2.38. The third-order valence-corrected chi connectivity index (χ3v) is 5.74. The predicted octanol–water partition coefficient (Wildman–Crippen LogP) is 4.48. The molecule has 1 aromatic carbocycles. The fourth-order valence-electron chi connectivity index (χ4n) is 2.51. The molecule has 20 heavy (non-hydrogen) atoms. The second-order valence-electron chi connectivity index (χ2n) is 5.05. The number of nitrogens with zero attached hydrogens (tertiary/aromatic N) is 1. The number of aryl methyl sites for hydroxylation is 1. The van der Waals surface area contributed by atoms with Crippen molar-refractivity contribution in [2.75, 3.05) is 5.75 Å². The molecule has 3 rings (SSSR count). The highest BCUT2D eigenvalue weighted by Gasteiger charge is 2.25. The monoisotopic (exact) mass is 308 g/mol. The van der Waals surface area contributed by atoms with E-state index in [0.29, 0.717) is 0 Å². The molecular formula is C15H17FN2S2. The predicted molar refractivity (Wildman–Crippen MR) is 82.9 cm³/mol. The summed E-state index contributed by atoms with van der Waals surface area (Å²) in [6.45, 7) is 4.19. The molecule has 2 unspecified atom stereocenters. The largest absolute Gasteiger partial charge is 0.301 e. The topological polar surface area (TPSA) is 24.9 Å². The highest BCUT2D eigenvalue weighted by molar-refractivity contribution is 7.99. The number of benzene rings is 1. The molecule has 1 aromatic heterocycles. The van der Waals surface area contributed by atoms with E-state index in [1.807, 2.05) is 12.3 Å². The Morgan fingerprint density at radius 3 is 3.05 bits per heavy atom. The van der Waals surface area contributed by atoms with Crippen LogP contribution in [0.3, 0.4) is 0 Å². The molecule has 0 bridgehead atoms. The Hall–Kier alpha value is -0.910. The number of fused-ring (bicyclic) bond motifs is 1. The van der Waals surface area contributed by atoms with Crippen molar-refractivity contribution in [1.29, 1.82) is 0 Å². The standard InChI is InChI=1S/C15H17FN2S2/c1-9-8-17-15(20-9)10(2)18-13-6-7-19-14-11(13)4-3-5-12(14)16/h3-5,8,10,13,18H,6-7H2,1-2H3. The third kappa shape index (κ3) is 2.75. The molecule has 1 aliphatic rings. The van der Waals surface area contributed by atoms with Crippen LogP contribution >= 0.6 is 23.1 Å². The number of thioether (sulfide) groups is 1. The summed E-state index contributed by atoms with van der Waals surface area (Å²) in [6.07, 6.45) is 2.93. The molecule has 0 amide bonds. The summed E-state index contributed by atoms with van der Waals surface area (Å²) in [5.41, 5.74) is 1.08. The number of thiazole rings is 1. The number of hydrogen-bond donors (Lipinski definition) is 1. The van der Waals surface area contributed by atoms with Gasteiger partial charge in [0.25, 0.3) is 0 Å². The van der Waals surface area contributed by atoms with E-state index in [2.05, 4.69) is 24.1 Å². The van der Waals surface area contributed by atoms with Crippen molar-refractivity contribution in [3.63, 3.8) is 0 Å². The zero-order valence-electron chi connectivity index (χ0n) is 11.5. The highest BCUT2D eigenvalue weighted by atomic mass is 32.2. The summed E-state index contributed by atoms with van der Waals surface area (Å²) in [5, 5.41) is 4.70. The maximum atomic E-state index is 13.8. The van der Waals surface area contributed by atoms with Gasteiger partial charge in [0, 0.05) is 22.0 Å². The van der Waals surface area contributed by atoms with E-state index in [0.717, 1.165) is 27.6 Å². The number of hydrogen-bond acceptors (Lipinski definition) is 4. The Bertz CT molecular complexity index is 612. The maximum absolute atomic E-state index is 13.8. The number of nitrogens with one attached hydrogen (secondary N) is 1. The summed E-state index contributed by atoms with van der Waals surface area (Å²) in [4.78, 5) is 6.46. The summed E-state index contributed by atoms with van der Waals surface area (Å²) in [5.74, 6) is 0.853. The van der Waals surface area contributed by atoms with Crippen molar-refractivity contribution in [2.24, 2.45) is 0 Å². The maximum Gasteiger partial charge on any atom is 0.137 e. The van der Waals surface area contributed by atoms with Crippen LogP contribution in [0.1, 0.15) is 40.9 Å². The van der Waals surface area contributed by atoms with Gasteiger partial charge in [-0.1, -0.05) is 12.1 Å². The minimum atomic E-state index is -0.100. The van der Waals surface area contributed by atoms with Crippen LogP contribution in [0, 0.1) is 12.7 Å². The second-order valence-corrected chi connectivity index (χ2v) is 7.42.